The molecule has 2 aliphatic rings. The van der Waals surface area contributed by atoms with E-state index in [2.05, 4.69) is 24.9 Å². The van der Waals surface area contributed by atoms with Gasteiger partial charge in [0.05, 0.1) is 24.2 Å². The third-order valence-corrected chi connectivity index (χ3v) is 5.81. The van der Waals surface area contributed by atoms with Crippen LogP contribution in [0.3, 0.4) is 0 Å². The molecule has 2 N–H and O–H groups in total. The van der Waals surface area contributed by atoms with E-state index in [1.807, 2.05) is 30.0 Å². The molecule has 0 amide bonds. The summed E-state index contributed by atoms with van der Waals surface area (Å²) in [6.45, 7) is 2.14. The average Bonchev–Trinajstić information content (AvgIpc) is 3.25. The van der Waals surface area contributed by atoms with Crippen LogP contribution in [0.4, 0.5) is 14.7 Å². The first-order chi connectivity index (χ1) is 16.4. The SMILES string of the molecule is CN(C)C1=CCC(N)(c2nc(N3CCOCC3)nc(-n3c(C(F)F)nc4ccccc43)n2)C=N1. The van der Waals surface area contributed by atoms with E-state index in [1.54, 1.807) is 30.5 Å². The molecule has 0 aliphatic carbocycles. The molecule has 2 aromatic heterocycles. The highest BCUT2D eigenvalue weighted by Crippen LogP contribution is 2.30. The zero-order chi connectivity index (χ0) is 23.9. The van der Waals surface area contributed by atoms with Gasteiger partial charge in [0, 0.05) is 33.4 Å². The summed E-state index contributed by atoms with van der Waals surface area (Å²) in [4.78, 5) is 26.2. The lowest BCUT2D eigenvalue weighted by Gasteiger charge is -2.30. The smallest absolute Gasteiger partial charge is 0.296 e. The van der Waals surface area contributed by atoms with E-state index < -0.39 is 17.8 Å². The van der Waals surface area contributed by atoms with Crippen molar-refractivity contribution in [1.82, 2.24) is 29.4 Å². The van der Waals surface area contributed by atoms with Crippen LogP contribution in [0.1, 0.15) is 24.5 Å². The van der Waals surface area contributed by atoms with Gasteiger partial charge in [-0.1, -0.05) is 12.1 Å². The van der Waals surface area contributed by atoms with Crippen LogP contribution >= 0.6 is 0 Å². The van der Waals surface area contributed by atoms with Gasteiger partial charge in [0.15, 0.2) is 11.6 Å². The van der Waals surface area contributed by atoms with E-state index in [0.29, 0.717) is 49.7 Å². The predicted octanol–water partition coefficient (Wildman–Crippen LogP) is 2.02. The number of halogens is 2. The molecule has 1 saturated heterocycles. The van der Waals surface area contributed by atoms with Crippen LogP contribution in [0.25, 0.3) is 17.0 Å². The number of imidazole rings is 1. The molecule has 2 aliphatic heterocycles. The Bertz CT molecular complexity index is 1270. The van der Waals surface area contributed by atoms with Crippen molar-refractivity contribution in [2.75, 3.05) is 45.3 Å². The van der Waals surface area contributed by atoms with Gasteiger partial charge in [-0.05, 0) is 24.6 Å². The summed E-state index contributed by atoms with van der Waals surface area (Å²) in [6.07, 6.45) is 1.07. The maximum Gasteiger partial charge on any atom is 0.296 e. The van der Waals surface area contributed by atoms with Crippen molar-refractivity contribution in [2.45, 2.75) is 18.4 Å². The van der Waals surface area contributed by atoms with Gasteiger partial charge < -0.3 is 20.3 Å². The standard InChI is InChI=1S/C22H25F2N9O/c1-31(2)16-7-8-22(25,13-26-16)19-28-20(32-9-11-34-12-10-32)30-21(29-19)33-15-6-4-3-5-14(15)27-18(33)17(23)24/h3-7,13,17H,8-12,25H2,1-2H3. The fourth-order valence-corrected chi connectivity index (χ4v) is 3.96. The van der Waals surface area contributed by atoms with Crippen molar-refractivity contribution in [2.24, 2.45) is 10.7 Å². The lowest BCUT2D eigenvalue weighted by Crippen LogP contribution is -2.43. The van der Waals surface area contributed by atoms with E-state index in [0.717, 1.165) is 5.82 Å². The van der Waals surface area contributed by atoms with E-state index in [1.165, 1.54) is 4.57 Å². The van der Waals surface area contributed by atoms with E-state index >= 15 is 0 Å². The molecule has 1 atom stereocenters. The fraction of sp³-hybridized carbons (Fsp3) is 0.409. The molecule has 4 heterocycles. The maximum absolute atomic E-state index is 14.0. The second-order valence-corrected chi connectivity index (χ2v) is 8.41. The minimum Gasteiger partial charge on any atom is -0.378 e. The Morgan fingerprint density at radius 1 is 1.06 bits per heavy atom. The van der Waals surface area contributed by atoms with Crippen molar-refractivity contribution < 1.29 is 13.5 Å². The molecule has 3 aromatic rings. The summed E-state index contributed by atoms with van der Waals surface area (Å²) >= 11 is 0. The fourth-order valence-electron chi connectivity index (χ4n) is 3.96. The minimum atomic E-state index is -2.83. The van der Waals surface area contributed by atoms with Gasteiger partial charge in [0.25, 0.3) is 6.43 Å². The van der Waals surface area contributed by atoms with Crippen LogP contribution in [-0.2, 0) is 10.3 Å². The van der Waals surface area contributed by atoms with Crippen LogP contribution in [0.15, 0.2) is 41.2 Å². The van der Waals surface area contributed by atoms with Crippen molar-refractivity contribution in [3.05, 3.63) is 47.8 Å². The van der Waals surface area contributed by atoms with Crippen molar-refractivity contribution in [3.8, 4) is 5.95 Å². The minimum absolute atomic E-state index is 0.0381. The molecule has 5 rings (SSSR count). The van der Waals surface area contributed by atoms with Gasteiger partial charge in [-0.25, -0.2) is 18.8 Å². The van der Waals surface area contributed by atoms with Gasteiger partial charge >= 0.3 is 0 Å². The number of benzene rings is 1. The molecule has 0 spiro atoms. The summed E-state index contributed by atoms with van der Waals surface area (Å²) in [5.74, 6) is 0.960. The van der Waals surface area contributed by atoms with Gasteiger partial charge in [-0.15, -0.1) is 0 Å². The number of anilines is 1. The third-order valence-electron chi connectivity index (χ3n) is 5.81. The van der Waals surface area contributed by atoms with Crippen LogP contribution in [0.2, 0.25) is 0 Å². The van der Waals surface area contributed by atoms with Crippen LogP contribution in [0, 0.1) is 0 Å². The van der Waals surface area contributed by atoms with Gasteiger partial charge in [0.2, 0.25) is 11.9 Å². The largest absolute Gasteiger partial charge is 0.378 e. The third kappa shape index (κ3) is 3.99. The van der Waals surface area contributed by atoms with Gasteiger partial charge in [0.1, 0.15) is 11.4 Å². The molecule has 12 heteroatoms. The van der Waals surface area contributed by atoms with Gasteiger partial charge in [-0.2, -0.15) is 15.0 Å². The molecule has 0 radical (unpaired) electrons. The highest BCUT2D eigenvalue weighted by atomic mass is 19.3. The number of hydrogen-bond donors (Lipinski definition) is 1. The zero-order valence-electron chi connectivity index (χ0n) is 18.9. The topological polar surface area (TPSA) is 111 Å². The Hall–Kier alpha value is -3.51. The summed E-state index contributed by atoms with van der Waals surface area (Å²) in [6, 6.07) is 6.88. The molecule has 10 nitrogen and oxygen atoms in total. The Morgan fingerprint density at radius 2 is 1.79 bits per heavy atom. The number of ether oxygens (including phenoxy) is 1. The summed E-state index contributed by atoms with van der Waals surface area (Å²) in [5, 5.41) is 0. The first kappa shape index (κ1) is 22.3. The average molecular weight is 470 g/mol. The van der Waals surface area contributed by atoms with E-state index in [9.17, 15) is 8.78 Å². The van der Waals surface area contributed by atoms with E-state index in [4.69, 9.17) is 10.5 Å². The monoisotopic (exact) mass is 469 g/mol. The number of para-hydroxylation sites is 2. The Morgan fingerprint density at radius 3 is 2.47 bits per heavy atom. The Kier molecular flexibility index (Phi) is 5.70. The first-order valence-corrected chi connectivity index (χ1v) is 10.9. The zero-order valence-corrected chi connectivity index (χ0v) is 18.9. The first-order valence-electron chi connectivity index (χ1n) is 10.9. The lowest BCUT2D eigenvalue weighted by molar-refractivity contribution is 0.122. The number of hydrogen-bond acceptors (Lipinski definition) is 9. The number of morpholine rings is 1. The number of rotatable bonds is 5. The van der Waals surface area contributed by atoms with Crippen LogP contribution in [0.5, 0.6) is 0 Å². The molecule has 0 saturated carbocycles. The summed E-state index contributed by atoms with van der Waals surface area (Å²) in [7, 11) is 3.78. The number of aliphatic imine (C=N–C) groups is 1. The summed E-state index contributed by atoms with van der Waals surface area (Å²) in [5.41, 5.74) is 6.46. The van der Waals surface area contributed by atoms with Crippen molar-refractivity contribution in [1.29, 1.82) is 0 Å². The number of nitrogens with zero attached hydrogens (tertiary/aromatic N) is 8. The number of fused-ring (bicyclic) bond motifs is 1. The molecule has 1 fully saturated rings. The Balaban J connectivity index is 1.68. The Labute approximate surface area is 194 Å². The molecule has 1 aromatic carbocycles. The predicted molar refractivity (Wildman–Crippen MR) is 123 cm³/mol. The number of aromatic nitrogens is 5. The quantitative estimate of drug-likeness (QED) is 0.604. The highest BCUT2D eigenvalue weighted by molar-refractivity contribution is 5.78. The van der Waals surface area contributed by atoms with Crippen LogP contribution < -0.4 is 10.6 Å². The molecular weight excluding hydrogens is 444 g/mol. The molecular formula is C22H25F2N9O. The van der Waals surface area contributed by atoms with Crippen LogP contribution in [-0.4, -0.2) is 76.0 Å². The lowest BCUT2D eigenvalue weighted by atomic mass is 9.95. The van der Waals surface area contributed by atoms with Crippen molar-refractivity contribution in [3.63, 3.8) is 0 Å². The number of nitrogens with two attached hydrogens (primary N) is 1. The van der Waals surface area contributed by atoms with Crippen molar-refractivity contribution >= 4 is 23.2 Å². The second kappa shape index (κ2) is 8.69. The second-order valence-electron chi connectivity index (χ2n) is 8.41. The summed E-state index contributed by atoms with van der Waals surface area (Å²) < 4.78 is 34.8. The number of alkyl halides is 2. The normalized spacial score (nSPS) is 20.8. The molecule has 178 valence electrons. The maximum atomic E-state index is 14.0. The molecule has 34 heavy (non-hydrogen) atoms. The van der Waals surface area contributed by atoms with Gasteiger partial charge in [-0.3, -0.25) is 4.57 Å². The van der Waals surface area contributed by atoms with E-state index in [-0.39, 0.29) is 11.8 Å². The highest BCUT2D eigenvalue weighted by Gasteiger charge is 2.34. The molecule has 0 bridgehead atoms. The molecule has 1 unspecified atom stereocenters.